The first kappa shape index (κ1) is 9.52. The van der Waals surface area contributed by atoms with Crippen molar-refractivity contribution in [2.24, 2.45) is 5.92 Å². The number of para-hydroxylation sites is 1. The third-order valence-electron chi connectivity index (χ3n) is 3.36. The minimum atomic E-state index is 0.293. The molecule has 0 bridgehead atoms. The molecule has 3 rings (SSSR count). The van der Waals surface area contributed by atoms with Crippen molar-refractivity contribution in [2.45, 2.75) is 30.1 Å². The van der Waals surface area contributed by atoms with Gasteiger partial charge in [-0.05, 0) is 42.7 Å². The second-order valence-electron chi connectivity index (χ2n) is 4.33. The Balaban J connectivity index is 2.03. The molecule has 1 aromatic rings. The lowest BCUT2D eigenvalue weighted by Crippen LogP contribution is -2.16. The van der Waals surface area contributed by atoms with Crippen LogP contribution in [-0.2, 0) is 0 Å². The van der Waals surface area contributed by atoms with Crippen molar-refractivity contribution in [3.8, 4) is 5.75 Å². The van der Waals surface area contributed by atoms with Gasteiger partial charge in [-0.2, -0.15) is 3.89 Å². The molecule has 2 aliphatic rings. The Kier molecular flexibility index (Phi) is 2.35. The number of ether oxygens (including phenoxy) is 1. The molecule has 1 heterocycles. The Morgan fingerprint density at radius 1 is 1.27 bits per heavy atom. The maximum atomic E-state index is 12.7. The third-order valence-corrected chi connectivity index (χ3v) is 3.85. The lowest BCUT2D eigenvalue weighted by atomic mass is 9.89. The highest BCUT2D eigenvalue weighted by molar-refractivity contribution is 7.94. The molecule has 0 N–H and O–H groups in total. The number of rotatable bonds is 2. The fourth-order valence-corrected chi connectivity index (χ4v) is 2.85. The lowest BCUT2D eigenvalue weighted by molar-refractivity contribution is 0.252. The van der Waals surface area contributed by atoms with E-state index in [1.54, 1.807) is 6.07 Å². The fraction of sp³-hybridized carbons (Fsp3) is 0.500. The normalized spacial score (nSPS) is 24.5. The summed E-state index contributed by atoms with van der Waals surface area (Å²) in [4.78, 5) is 0.637. The average Bonchev–Trinajstić information content (AvgIpc) is 3.11. The molecule has 1 aliphatic carbocycles. The Hall–Kier alpha value is -0.700. The molecule has 1 saturated carbocycles. The molecule has 1 atom stereocenters. The molecule has 80 valence electrons. The summed E-state index contributed by atoms with van der Waals surface area (Å²) in [5.74, 6) is 2.24. The summed E-state index contributed by atoms with van der Waals surface area (Å²) in [6, 6.07) is 5.82. The van der Waals surface area contributed by atoms with Crippen molar-refractivity contribution in [3.05, 3.63) is 23.8 Å². The maximum Gasteiger partial charge on any atom is 0.138 e. The highest BCUT2D eigenvalue weighted by atomic mass is 32.2. The van der Waals surface area contributed by atoms with Crippen LogP contribution in [0.3, 0.4) is 0 Å². The van der Waals surface area contributed by atoms with Crippen LogP contribution in [0.15, 0.2) is 23.1 Å². The van der Waals surface area contributed by atoms with Gasteiger partial charge in [-0.15, -0.1) is 0 Å². The van der Waals surface area contributed by atoms with E-state index in [0.717, 1.165) is 24.7 Å². The summed E-state index contributed by atoms with van der Waals surface area (Å²) in [5.41, 5.74) is 1.23. The first-order valence-electron chi connectivity index (χ1n) is 5.44. The van der Waals surface area contributed by atoms with Gasteiger partial charge in [0.1, 0.15) is 5.75 Å². The van der Waals surface area contributed by atoms with Crippen LogP contribution < -0.4 is 4.74 Å². The van der Waals surface area contributed by atoms with Crippen molar-refractivity contribution >= 4 is 12.1 Å². The minimum absolute atomic E-state index is 0.293. The lowest BCUT2D eigenvalue weighted by Gasteiger charge is -2.26. The minimum Gasteiger partial charge on any atom is -0.492 e. The van der Waals surface area contributed by atoms with Gasteiger partial charge in [0, 0.05) is 0 Å². The van der Waals surface area contributed by atoms with E-state index in [-0.39, 0.29) is 0 Å². The van der Waals surface area contributed by atoms with Crippen molar-refractivity contribution < 1.29 is 8.62 Å². The Labute approximate surface area is 93.3 Å². The molecule has 1 aromatic carbocycles. The summed E-state index contributed by atoms with van der Waals surface area (Å²) in [6.45, 7) is 0.742. The van der Waals surface area contributed by atoms with Crippen molar-refractivity contribution in [2.75, 3.05) is 6.61 Å². The molecule has 0 aromatic heterocycles. The van der Waals surface area contributed by atoms with E-state index in [4.69, 9.17) is 4.74 Å². The van der Waals surface area contributed by atoms with Gasteiger partial charge in [0.2, 0.25) is 0 Å². The van der Waals surface area contributed by atoms with E-state index in [1.807, 2.05) is 6.07 Å². The van der Waals surface area contributed by atoms with E-state index in [0.29, 0.717) is 23.0 Å². The van der Waals surface area contributed by atoms with Crippen LogP contribution in [-0.4, -0.2) is 6.61 Å². The molecule has 0 amide bonds. The Morgan fingerprint density at radius 3 is 2.87 bits per heavy atom. The first-order chi connectivity index (χ1) is 7.40. The van der Waals surface area contributed by atoms with Gasteiger partial charge in [0.25, 0.3) is 0 Å². The Morgan fingerprint density at radius 2 is 2.13 bits per heavy atom. The van der Waals surface area contributed by atoms with Crippen molar-refractivity contribution in [1.82, 2.24) is 0 Å². The molecule has 1 unspecified atom stereocenters. The van der Waals surface area contributed by atoms with E-state index < -0.39 is 0 Å². The zero-order chi connectivity index (χ0) is 10.3. The number of halogens is 1. The van der Waals surface area contributed by atoms with Gasteiger partial charge in [-0.1, -0.05) is 12.1 Å². The van der Waals surface area contributed by atoms with E-state index >= 15 is 0 Å². The van der Waals surface area contributed by atoms with E-state index in [1.165, 1.54) is 18.4 Å². The Bertz CT molecular complexity index is 376. The number of hydrogen-bond acceptors (Lipinski definition) is 2. The summed E-state index contributed by atoms with van der Waals surface area (Å²) in [6.07, 6.45) is 3.76. The van der Waals surface area contributed by atoms with Gasteiger partial charge >= 0.3 is 0 Å². The molecule has 15 heavy (non-hydrogen) atoms. The largest absolute Gasteiger partial charge is 0.492 e. The quantitative estimate of drug-likeness (QED) is 0.752. The average molecular weight is 224 g/mol. The number of benzene rings is 1. The van der Waals surface area contributed by atoms with Crippen LogP contribution in [0.5, 0.6) is 5.75 Å². The SMILES string of the molecule is FSc1cccc2c1OCCC2C1CC1. The molecule has 0 saturated heterocycles. The van der Waals surface area contributed by atoms with Gasteiger partial charge in [0.05, 0.1) is 23.7 Å². The van der Waals surface area contributed by atoms with Crippen LogP contribution in [0.2, 0.25) is 0 Å². The summed E-state index contributed by atoms with van der Waals surface area (Å²) >= 11 is 0.293. The number of fused-ring (bicyclic) bond motifs is 1. The van der Waals surface area contributed by atoms with E-state index in [9.17, 15) is 3.89 Å². The van der Waals surface area contributed by atoms with Crippen LogP contribution in [0.25, 0.3) is 0 Å². The molecule has 0 spiro atoms. The second kappa shape index (κ2) is 3.71. The molecule has 1 aliphatic heterocycles. The summed E-state index contributed by atoms with van der Waals surface area (Å²) < 4.78 is 18.3. The van der Waals surface area contributed by atoms with Crippen LogP contribution in [0.4, 0.5) is 3.89 Å². The maximum absolute atomic E-state index is 12.7. The summed E-state index contributed by atoms with van der Waals surface area (Å²) in [5, 5.41) is 0. The molecule has 3 heteroatoms. The van der Waals surface area contributed by atoms with Gasteiger partial charge in [0.15, 0.2) is 0 Å². The summed E-state index contributed by atoms with van der Waals surface area (Å²) in [7, 11) is 0. The highest BCUT2D eigenvalue weighted by Crippen LogP contribution is 2.50. The molecule has 1 nitrogen and oxygen atoms in total. The molecular formula is C12H13FOS. The number of hydrogen-bond donors (Lipinski definition) is 0. The second-order valence-corrected chi connectivity index (χ2v) is 4.93. The zero-order valence-corrected chi connectivity index (χ0v) is 9.23. The highest BCUT2D eigenvalue weighted by Gasteiger charge is 2.36. The predicted molar refractivity (Wildman–Crippen MR) is 59.0 cm³/mol. The molecule has 1 fully saturated rings. The van der Waals surface area contributed by atoms with E-state index in [2.05, 4.69) is 6.07 Å². The van der Waals surface area contributed by atoms with Crippen molar-refractivity contribution in [3.63, 3.8) is 0 Å². The van der Waals surface area contributed by atoms with Crippen LogP contribution >= 0.6 is 12.1 Å². The molecule has 0 radical (unpaired) electrons. The molecular weight excluding hydrogens is 211 g/mol. The van der Waals surface area contributed by atoms with Gasteiger partial charge < -0.3 is 4.74 Å². The van der Waals surface area contributed by atoms with Crippen LogP contribution in [0.1, 0.15) is 30.7 Å². The monoisotopic (exact) mass is 224 g/mol. The third kappa shape index (κ3) is 1.63. The zero-order valence-electron chi connectivity index (χ0n) is 8.41. The van der Waals surface area contributed by atoms with Gasteiger partial charge in [-0.25, -0.2) is 0 Å². The standard InChI is InChI=1S/C12H13FOS/c13-15-11-3-1-2-10-9(8-4-5-8)6-7-14-12(10)11/h1-3,8-9H,4-7H2. The fourth-order valence-electron chi connectivity index (χ4n) is 2.47. The van der Waals surface area contributed by atoms with Crippen molar-refractivity contribution in [1.29, 1.82) is 0 Å². The van der Waals surface area contributed by atoms with Gasteiger partial charge in [-0.3, -0.25) is 0 Å². The first-order valence-corrected chi connectivity index (χ1v) is 6.16. The smallest absolute Gasteiger partial charge is 0.138 e. The predicted octanol–water partition coefficient (Wildman–Crippen LogP) is 3.94. The van der Waals surface area contributed by atoms with Crippen LogP contribution in [0, 0.1) is 5.92 Å². The topological polar surface area (TPSA) is 9.23 Å².